The molecule has 2 heterocycles. The van der Waals surface area contributed by atoms with E-state index in [1.807, 2.05) is 25.1 Å². The fourth-order valence-corrected chi connectivity index (χ4v) is 4.11. The highest BCUT2D eigenvalue weighted by Gasteiger charge is 2.40. The summed E-state index contributed by atoms with van der Waals surface area (Å²) < 4.78 is 4.80. The molecule has 0 aromatic carbocycles. The van der Waals surface area contributed by atoms with Crippen molar-refractivity contribution in [3.05, 3.63) is 17.8 Å². The lowest BCUT2D eigenvalue weighted by Gasteiger charge is -2.18. The van der Waals surface area contributed by atoms with Gasteiger partial charge in [0.25, 0.3) is 0 Å². The Bertz CT molecular complexity index is 453. The molecule has 4 nitrogen and oxygen atoms in total. The lowest BCUT2D eigenvalue weighted by atomic mass is 10.1. The molecule has 6 heteroatoms. The predicted octanol–water partition coefficient (Wildman–Crippen LogP) is 2.23. The van der Waals surface area contributed by atoms with Gasteiger partial charge in [0.15, 0.2) is 0 Å². The molecular formula is C11H13BrN2O2S. The van der Waals surface area contributed by atoms with Crippen molar-refractivity contribution in [2.24, 2.45) is 0 Å². The smallest absolute Gasteiger partial charge is 0.320 e. The van der Waals surface area contributed by atoms with Crippen LogP contribution in [0.3, 0.4) is 0 Å². The van der Waals surface area contributed by atoms with Crippen LogP contribution in [-0.4, -0.2) is 37.4 Å². The van der Waals surface area contributed by atoms with Crippen molar-refractivity contribution in [2.75, 3.05) is 26.1 Å². The van der Waals surface area contributed by atoms with Crippen LogP contribution in [0.2, 0.25) is 0 Å². The minimum absolute atomic E-state index is 0.0546. The topological polar surface area (TPSA) is 42.4 Å². The highest BCUT2D eigenvalue weighted by atomic mass is 79.9. The molecule has 0 saturated heterocycles. The van der Waals surface area contributed by atoms with Crippen LogP contribution >= 0.6 is 27.7 Å². The second kappa shape index (κ2) is 4.86. The molecule has 0 saturated carbocycles. The zero-order valence-electron chi connectivity index (χ0n) is 9.81. The number of esters is 1. The molecule has 1 aliphatic rings. The maximum Gasteiger partial charge on any atom is 0.320 e. The molecule has 0 radical (unpaired) electrons. The monoisotopic (exact) mass is 316 g/mol. The quantitative estimate of drug-likeness (QED) is 0.618. The van der Waals surface area contributed by atoms with Gasteiger partial charge in [0, 0.05) is 31.5 Å². The van der Waals surface area contributed by atoms with Crippen LogP contribution in [0.15, 0.2) is 17.3 Å². The fourth-order valence-electron chi connectivity index (χ4n) is 1.80. The second-order valence-electron chi connectivity index (χ2n) is 3.91. The van der Waals surface area contributed by atoms with E-state index in [1.165, 1.54) is 18.9 Å². The molecule has 0 bridgehead atoms. The number of halogens is 1. The Morgan fingerprint density at radius 3 is 2.88 bits per heavy atom. The van der Waals surface area contributed by atoms with E-state index in [9.17, 15) is 4.79 Å². The molecule has 1 aromatic heterocycles. The van der Waals surface area contributed by atoms with E-state index in [1.54, 1.807) is 6.20 Å². The molecule has 1 aromatic rings. The number of fused-ring (bicyclic) bond motifs is 1. The molecule has 2 rings (SSSR count). The van der Waals surface area contributed by atoms with Crippen LogP contribution < -0.4 is 4.90 Å². The number of rotatable bonds is 2. The zero-order valence-corrected chi connectivity index (χ0v) is 12.2. The minimum atomic E-state index is -0.261. The molecular weight excluding hydrogens is 304 g/mol. The van der Waals surface area contributed by atoms with Gasteiger partial charge < -0.3 is 9.64 Å². The number of pyridine rings is 1. The van der Waals surface area contributed by atoms with Gasteiger partial charge in [-0.3, -0.25) is 4.79 Å². The third kappa shape index (κ3) is 2.15. The van der Waals surface area contributed by atoms with Gasteiger partial charge in [-0.15, -0.1) is 0 Å². The first kappa shape index (κ1) is 12.7. The molecule has 0 N–H and O–H groups in total. The van der Waals surface area contributed by atoms with E-state index >= 15 is 0 Å². The number of nitrogens with zero attached hydrogens (tertiary/aromatic N) is 2. The van der Waals surface area contributed by atoms with Crippen molar-refractivity contribution in [1.82, 2.24) is 4.98 Å². The first-order valence-electron chi connectivity index (χ1n) is 5.11. The number of anilines is 1. The summed E-state index contributed by atoms with van der Waals surface area (Å²) in [5, 5.41) is 0.636. The summed E-state index contributed by atoms with van der Waals surface area (Å²) in [4.78, 5) is 17.9. The van der Waals surface area contributed by atoms with Crippen LogP contribution in [-0.2, 0) is 9.53 Å². The molecule has 92 valence electrons. The number of carbonyl (C=O) groups is 1. The number of methoxy groups -OCH3 is 1. The standard InChI is InChI=1S/C11H13BrN2O2S/c1-14(2)6-4-5-13-10-7(6)8(12)9(17-10)11(15)16-3/h4-5,8-9H,1-3H3. The highest BCUT2D eigenvalue weighted by Crippen LogP contribution is 2.51. The number of hydrogen-bond donors (Lipinski definition) is 0. The Morgan fingerprint density at radius 2 is 2.29 bits per heavy atom. The summed E-state index contributed by atoms with van der Waals surface area (Å²) in [7, 11) is 5.36. The summed E-state index contributed by atoms with van der Waals surface area (Å²) in [6.07, 6.45) is 1.76. The Labute approximate surface area is 113 Å². The van der Waals surface area contributed by atoms with Crippen molar-refractivity contribution >= 4 is 39.3 Å². The molecule has 1 aliphatic heterocycles. The number of thioether (sulfide) groups is 1. The van der Waals surface area contributed by atoms with Gasteiger partial charge in [-0.05, 0) is 6.07 Å². The second-order valence-corrected chi connectivity index (χ2v) is 6.02. The largest absolute Gasteiger partial charge is 0.468 e. The third-order valence-electron chi connectivity index (χ3n) is 2.63. The van der Waals surface area contributed by atoms with Gasteiger partial charge in [-0.2, -0.15) is 0 Å². The molecule has 2 atom stereocenters. The molecule has 0 spiro atoms. The van der Waals surface area contributed by atoms with Crippen LogP contribution in [0.5, 0.6) is 0 Å². The predicted molar refractivity (Wildman–Crippen MR) is 71.9 cm³/mol. The van der Waals surface area contributed by atoms with Gasteiger partial charge in [0.2, 0.25) is 0 Å². The molecule has 0 aliphatic carbocycles. The molecule has 2 unspecified atom stereocenters. The average molecular weight is 317 g/mol. The van der Waals surface area contributed by atoms with E-state index in [4.69, 9.17) is 4.74 Å². The summed E-state index contributed by atoms with van der Waals surface area (Å²) in [5.74, 6) is -0.223. The normalized spacial score (nSPS) is 22.1. The van der Waals surface area contributed by atoms with Crippen molar-refractivity contribution in [2.45, 2.75) is 15.1 Å². The molecule has 0 amide bonds. The Hall–Kier alpha value is -0.750. The Morgan fingerprint density at radius 1 is 1.59 bits per heavy atom. The van der Waals surface area contributed by atoms with Crippen molar-refractivity contribution in [3.8, 4) is 0 Å². The molecule has 17 heavy (non-hydrogen) atoms. The van der Waals surface area contributed by atoms with Crippen molar-refractivity contribution < 1.29 is 9.53 Å². The van der Waals surface area contributed by atoms with E-state index in [0.29, 0.717) is 0 Å². The lowest BCUT2D eigenvalue weighted by molar-refractivity contribution is -0.139. The van der Waals surface area contributed by atoms with Crippen molar-refractivity contribution in [3.63, 3.8) is 0 Å². The summed E-state index contributed by atoms with van der Waals surface area (Å²) in [6, 6.07) is 1.95. The van der Waals surface area contributed by atoms with Gasteiger partial charge in [-0.1, -0.05) is 27.7 Å². The van der Waals surface area contributed by atoms with Gasteiger partial charge in [0.1, 0.15) is 10.3 Å². The summed E-state index contributed by atoms with van der Waals surface area (Å²) >= 11 is 5.03. The van der Waals surface area contributed by atoms with Crippen molar-refractivity contribution in [1.29, 1.82) is 0 Å². The summed E-state index contributed by atoms with van der Waals surface area (Å²) in [6.45, 7) is 0. The Balaban J connectivity index is 2.41. The number of ether oxygens (including phenoxy) is 1. The van der Waals surface area contributed by atoms with Gasteiger partial charge >= 0.3 is 5.97 Å². The van der Waals surface area contributed by atoms with Crippen LogP contribution in [0.1, 0.15) is 10.4 Å². The zero-order chi connectivity index (χ0) is 12.6. The molecule has 0 fully saturated rings. The van der Waals surface area contributed by atoms with E-state index in [2.05, 4.69) is 20.9 Å². The Kier molecular flexibility index (Phi) is 3.63. The van der Waals surface area contributed by atoms with Gasteiger partial charge in [-0.25, -0.2) is 4.98 Å². The van der Waals surface area contributed by atoms with Crippen LogP contribution in [0.4, 0.5) is 5.69 Å². The van der Waals surface area contributed by atoms with Crippen LogP contribution in [0, 0.1) is 0 Å². The fraction of sp³-hybridized carbons (Fsp3) is 0.455. The van der Waals surface area contributed by atoms with E-state index in [-0.39, 0.29) is 16.0 Å². The minimum Gasteiger partial charge on any atom is -0.468 e. The number of alkyl halides is 1. The van der Waals surface area contributed by atoms with E-state index in [0.717, 1.165) is 16.3 Å². The lowest BCUT2D eigenvalue weighted by Crippen LogP contribution is -2.20. The number of carbonyl (C=O) groups excluding carboxylic acids is 1. The first-order valence-corrected chi connectivity index (χ1v) is 6.90. The number of hydrogen-bond acceptors (Lipinski definition) is 5. The summed E-state index contributed by atoms with van der Waals surface area (Å²) in [5.41, 5.74) is 2.15. The van der Waals surface area contributed by atoms with E-state index < -0.39 is 0 Å². The highest BCUT2D eigenvalue weighted by molar-refractivity contribution is 9.09. The third-order valence-corrected chi connectivity index (χ3v) is 5.23. The van der Waals surface area contributed by atoms with Crippen LogP contribution in [0.25, 0.3) is 0 Å². The first-order chi connectivity index (χ1) is 8.06. The SMILES string of the molecule is COC(=O)C1Sc2nccc(N(C)C)c2C1Br. The number of aromatic nitrogens is 1. The maximum absolute atomic E-state index is 11.7. The average Bonchev–Trinajstić information content (AvgIpc) is 2.66. The van der Waals surface area contributed by atoms with Gasteiger partial charge in [0.05, 0.1) is 11.9 Å². The maximum atomic E-state index is 11.7.